The van der Waals surface area contributed by atoms with Gasteiger partial charge in [0.2, 0.25) is 5.71 Å². The van der Waals surface area contributed by atoms with Crippen LogP contribution in [0.2, 0.25) is 0 Å². The van der Waals surface area contributed by atoms with Gasteiger partial charge in [0.1, 0.15) is 5.52 Å². The molecule has 2 fully saturated rings. The maximum atomic E-state index is 6.26. The molecule has 1 aromatic carbocycles. The number of rotatable bonds is 4. The van der Waals surface area contributed by atoms with E-state index in [1.807, 2.05) is 18.5 Å². The van der Waals surface area contributed by atoms with E-state index in [1.165, 1.54) is 12.0 Å². The van der Waals surface area contributed by atoms with Crippen molar-refractivity contribution in [1.82, 2.24) is 24.8 Å². The summed E-state index contributed by atoms with van der Waals surface area (Å²) in [4.78, 5) is 22.7. The summed E-state index contributed by atoms with van der Waals surface area (Å²) in [7, 11) is 0. The summed E-state index contributed by atoms with van der Waals surface area (Å²) >= 11 is 0. The summed E-state index contributed by atoms with van der Waals surface area (Å²) in [6.45, 7) is 6.10. The third kappa shape index (κ3) is 3.17. The van der Waals surface area contributed by atoms with Crippen molar-refractivity contribution in [1.29, 1.82) is 0 Å². The first-order valence-electron chi connectivity index (χ1n) is 11.5. The van der Waals surface area contributed by atoms with Gasteiger partial charge in [0, 0.05) is 48.5 Å². The Morgan fingerprint density at radius 1 is 1.00 bits per heavy atom. The van der Waals surface area contributed by atoms with Crippen LogP contribution >= 0.6 is 0 Å². The fourth-order valence-electron chi connectivity index (χ4n) is 4.83. The van der Waals surface area contributed by atoms with E-state index in [0.29, 0.717) is 30.3 Å². The van der Waals surface area contributed by atoms with Crippen LogP contribution < -0.4 is 4.90 Å². The van der Waals surface area contributed by atoms with Crippen LogP contribution in [0, 0.1) is 0 Å². The van der Waals surface area contributed by atoms with E-state index in [9.17, 15) is 0 Å². The largest absolute Gasteiger partial charge is 0.432 e. The molecule has 1 N–H and O–H groups in total. The Balaban J connectivity index is 1.45. The Kier molecular flexibility index (Phi) is 4.34. The van der Waals surface area contributed by atoms with Crippen LogP contribution in [0.15, 0.2) is 47.1 Å². The second kappa shape index (κ2) is 7.54. The average molecular weight is 441 g/mol. The summed E-state index contributed by atoms with van der Waals surface area (Å²) in [6.07, 6.45) is 5.15. The Morgan fingerprint density at radius 2 is 1.91 bits per heavy atom. The molecule has 166 valence electrons. The van der Waals surface area contributed by atoms with Crippen LogP contribution in [0.1, 0.15) is 12.0 Å². The van der Waals surface area contributed by atoms with Crippen molar-refractivity contribution in [2.75, 3.05) is 44.3 Å². The van der Waals surface area contributed by atoms with Crippen molar-refractivity contribution in [3.05, 3.63) is 48.3 Å². The number of morpholine rings is 1. The highest BCUT2D eigenvalue weighted by molar-refractivity contribution is 6.06. The molecule has 0 saturated carbocycles. The molecule has 0 bridgehead atoms. The maximum Gasteiger partial charge on any atom is 0.229 e. The molecule has 6 heterocycles. The normalized spacial score (nSPS) is 17.3. The highest BCUT2D eigenvalue weighted by Crippen LogP contribution is 2.36. The van der Waals surface area contributed by atoms with Gasteiger partial charge in [-0.25, -0.2) is 15.0 Å². The van der Waals surface area contributed by atoms with E-state index >= 15 is 0 Å². The number of nitrogens with zero attached hydrogens (tertiary/aromatic N) is 5. The van der Waals surface area contributed by atoms with E-state index in [-0.39, 0.29) is 0 Å². The lowest BCUT2D eigenvalue weighted by molar-refractivity contribution is 0.122. The number of aromatic nitrogens is 4. The highest BCUT2D eigenvalue weighted by atomic mass is 16.5. The summed E-state index contributed by atoms with van der Waals surface area (Å²) in [5.41, 5.74) is 5.39. The standard InChI is InChI=1S/C25H24N6O2/c1-3-18(17-5-6-26-20(17)4-1)23-28-21-19-13-16(15-30-7-2-8-30)14-27-25(19)33-22(21)24(29-23)31-9-11-32-12-10-31/h1,3-6,13-14,26H,2,7-12,15H2. The van der Waals surface area contributed by atoms with Gasteiger partial charge < -0.3 is 19.0 Å². The predicted octanol–water partition coefficient (Wildman–Crippen LogP) is 3.96. The Morgan fingerprint density at radius 3 is 2.76 bits per heavy atom. The molecule has 0 spiro atoms. The second-order valence-corrected chi connectivity index (χ2v) is 8.82. The number of H-pyrrole nitrogens is 1. The molecule has 7 rings (SSSR count). The molecule has 33 heavy (non-hydrogen) atoms. The van der Waals surface area contributed by atoms with Crippen molar-refractivity contribution in [2.45, 2.75) is 13.0 Å². The zero-order valence-corrected chi connectivity index (χ0v) is 18.3. The summed E-state index contributed by atoms with van der Waals surface area (Å²) in [5, 5.41) is 2.05. The minimum absolute atomic E-state index is 0.609. The minimum Gasteiger partial charge on any atom is -0.432 e. The number of furan rings is 1. The Hall–Kier alpha value is -3.49. The summed E-state index contributed by atoms with van der Waals surface area (Å²) in [5.74, 6) is 1.51. The number of hydrogen-bond acceptors (Lipinski definition) is 7. The van der Waals surface area contributed by atoms with E-state index in [2.05, 4.69) is 44.0 Å². The number of pyridine rings is 1. The van der Waals surface area contributed by atoms with Crippen molar-refractivity contribution >= 4 is 38.9 Å². The van der Waals surface area contributed by atoms with E-state index < -0.39 is 0 Å². The number of hydrogen-bond donors (Lipinski definition) is 1. The molecule has 0 atom stereocenters. The van der Waals surface area contributed by atoms with E-state index in [1.54, 1.807) is 0 Å². The first-order valence-corrected chi connectivity index (χ1v) is 11.5. The lowest BCUT2D eigenvalue weighted by Gasteiger charge is -2.30. The zero-order valence-electron chi connectivity index (χ0n) is 18.3. The van der Waals surface area contributed by atoms with E-state index in [0.717, 1.165) is 65.9 Å². The van der Waals surface area contributed by atoms with Gasteiger partial charge in [0.05, 0.1) is 18.6 Å². The first-order chi connectivity index (χ1) is 16.3. The molecule has 8 heteroatoms. The molecular formula is C25H24N6O2. The Labute approximate surface area is 190 Å². The van der Waals surface area contributed by atoms with Crippen LogP contribution in [-0.4, -0.2) is 64.2 Å². The van der Waals surface area contributed by atoms with Crippen LogP contribution in [0.3, 0.4) is 0 Å². The van der Waals surface area contributed by atoms with Gasteiger partial charge in [-0.15, -0.1) is 0 Å². The number of fused-ring (bicyclic) bond motifs is 4. The van der Waals surface area contributed by atoms with Crippen molar-refractivity contribution < 1.29 is 9.15 Å². The summed E-state index contributed by atoms with van der Waals surface area (Å²) in [6, 6.07) is 10.4. The topological polar surface area (TPSA) is 83.3 Å². The number of likely N-dealkylation sites (tertiary alicyclic amines) is 1. The van der Waals surface area contributed by atoms with Crippen LogP contribution in [0.25, 0.3) is 44.5 Å². The van der Waals surface area contributed by atoms with Crippen LogP contribution in [0.5, 0.6) is 0 Å². The molecule has 4 aromatic heterocycles. The minimum atomic E-state index is 0.609. The van der Waals surface area contributed by atoms with Gasteiger partial charge >= 0.3 is 0 Å². The smallest absolute Gasteiger partial charge is 0.229 e. The predicted molar refractivity (Wildman–Crippen MR) is 127 cm³/mol. The molecular weight excluding hydrogens is 416 g/mol. The van der Waals surface area contributed by atoms with Gasteiger partial charge in [0.15, 0.2) is 17.2 Å². The van der Waals surface area contributed by atoms with Crippen molar-refractivity contribution in [2.24, 2.45) is 0 Å². The van der Waals surface area contributed by atoms with Gasteiger partial charge in [-0.1, -0.05) is 12.1 Å². The zero-order chi connectivity index (χ0) is 21.8. The number of aromatic amines is 1. The fourth-order valence-corrected chi connectivity index (χ4v) is 4.83. The molecule has 0 radical (unpaired) electrons. The third-order valence-electron chi connectivity index (χ3n) is 6.71. The molecule has 0 unspecified atom stereocenters. The lowest BCUT2D eigenvalue weighted by Crippen LogP contribution is -2.37. The quantitative estimate of drug-likeness (QED) is 0.453. The molecule has 2 aliphatic heterocycles. The van der Waals surface area contributed by atoms with Gasteiger partial charge in [-0.05, 0) is 43.3 Å². The number of nitrogens with one attached hydrogen (secondary N) is 1. The Bertz CT molecular complexity index is 1480. The third-order valence-corrected chi connectivity index (χ3v) is 6.71. The van der Waals surface area contributed by atoms with Crippen LogP contribution in [0.4, 0.5) is 5.82 Å². The monoisotopic (exact) mass is 440 g/mol. The molecule has 0 aliphatic carbocycles. The molecule has 2 saturated heterocycles. The number of ether oxygens (including phenoxy) is 1. The van der Waals surface area contributed by atoms with Gasteiger partial charge in [0.25, 0.3) is 0 Å². The second-order valence-electron chi connectivity index (χ2n) is 8.82. The molecule has 8 nitrogen and oxygen atoms in total. The summed E-state index contributed by atoms with van der Waals surface area (Å²) < 4.78 is 11.8. The number of benzene rings is 1. The van der Waals surface area contributed by atoms with Gasteiger partial charge in [-0.3, -0.25) is 4.90 Å². The molecule has 0 amide bonds. The molecule has 5 aromatic rings. The number of anilines is 1. The fraction of sp³-hybridized carbons (Fsp3) is 0.320. The van der Waals surface area contributed by atoms with Crippen molar-refractivity contribution in [3.8, 4) is 11.4 Å². The first kappa shape index (κ1) is 19.0. The molecule has 2 aliphatic rings. The van der Waals surface area contributed by atoms with Gasteiger partial charge in [-0.2, -0.15) is 0 Å². The van der Waals surface area contributed by atoms with Crippen LogP contribution in [-0.2, 0) is 11.3 Å². The van der Waals surface area contributed by atoms with E-state index in [4.69, 9.17) is 19.1 Å². The lowest BCUT2D eigenvalue weighted by atomic mass is 10.1. The maximum absolute atomic E-state index is 6.26. The SMILES string of the molecule is c1cc(-c2nc(N3CCOCC3)c3oc4ncc(CN5CCC5)cc4c3n2)c2cc[nH]c2c1. The average Bonchev–Trinajstić information content (AvgIpc) is 3.46. The highest BCUT2D eigenvalue weighted by Gasteiger charge is 2.24. The van der Waals surface area contributed by atoms with Crippen molar-refractivity contribution in [3.63, 3.8) is 0 Å².